The Labute approximate surface area is 190 Å². The third-order valence-electron chi connectivity index (χ3n) is 4.77. The molecule has 10 heteroatoms. The summed E-state index contributed by atoms with van der Waals surface area (Å²) in [6, 6.07) is 9.68. The molecule has 0 saturated carbocycles. The van der Waals surface area contributed by atoms with Gasteiger partial charge in [0.15, 0.2) is 6.61 Å². The van der Waals surface area contributed by atoms with Crippen molar-refractivity contribution in [3.05, 3.63) is 64.9 Å². The second-order valence-corrected chi connectivity index (χ2v) is 9.50. The van der Waals surface area contributed by atoms with E-state index in [0.717, 1.165) is 25.3 Å². The number of nitrogens with zero attached hydrogens (tertiary/aromatic N) is 1. The topological polar surface area (TPSA) is 92.8 Å². The van der Waals surface area contributed by atoms with Crippen LogP contribution in [0.4, 0.5) is 10.1 Å². The van der Waals surface area contributed by atoms with Crippen LogP contribution in [0, 0.1) is 5.82 Å². The van der Waals surface area contributed by atoms with Crippen LogP contribution in [0.5, 0.6) is 0 Å². The summed E-state index contributed by atoms with van der Waals surface area (Å²) in [7, 11) is -3.70. The second-order valence-electron chi connectivity index (χ2n) is 7.15. The number of halogens is 2. The summed E-state index contributed by atoms with van der Waals surface area (Å²) in [5.74, 6) is -1.93. The minimum absolute atomic E-state index is 0.0223. The number of carbonyl (C=O) groups excluding carboxylic acids is 2. The Kier molecular flexibility index (Phi) is 8.00. The summed E-state index contributed by atoms with van der Waals surface area (Å²) in [5.41, 5.74) is 0.561. The minimum atomic E-state index is -3.70. The summed E-state index contributed by atoms with van der Waals surface area (Å²) in [4.78, 5) is 24.0. The Hall–Kier alpha value is -2.75. The van der Waals surface area contributed by atoms with E-state index in [0.29, 0.717) is 18.7 Å². The molecule has 1 aliphatic rings. The van der Waals surface area contributed by atoms with Crippen LogP contribution in [0.2, 0.25) is 5.02 Å². The molecule has 0 atom stereocenters. The van der Waals surface area contributed by atoms with E-state index in [1.165, 1.54) is 46.8 Å². The van der Waals surface area contributed by atoms with Crippen molar-refractivity contribution in [3.63, 3.8) is 0 Å². The lowest BCUT2D eigenvalue weighted by molar-refractivity contribution is -0.142. The summed E-state index contributed by atoms with van der Waals surface area (Å²) >= 11 is 6.10. The molecule has 3 rings (SSSR count). The number of rotatable bonds is 7. The van der Waals surface area contributed by atoms with Crippen molar-refractivity contribution in [1.82, 2.24) is 4.31 Å². The lowest BCUT2D eigenvalue weighted by Crippen LogP contribution is -2.35. The molecule has 1 saturated heterocycles. The highest BCUT2D eigenvalue weighted by molar-refractivity contribution is 7.89. The molecule has 0 aromatic heterocycles. The van der Waals surface area contributed by atoms with Crippen LogP contribution < -0.4 is 5.32 Å². The van der Waals surface area contributed by atoms with Crippen molar-refractivity contribution in [2.45, 2.75) is 24.2 Å². The predicted molar refractivity (Wildman–Crippen MR) is 119 cm³/mol. The smallest absolute Gasteiger partial charge is 0.331 e. The zero-order chi connectivity index (χ0) is 23.1. The zero-order valence-electron chi connectivity index (χ0n) is 17.1. The SMILES string of the molecule is O=C(COC(=O)C=Cc1cccc(F)c1)Nc1cc(S(=O)(=O)N2CCCCC2)ccc1Cl. The van der Waals surface area contributed by atoms with Crippen molar-refractivity contribution in [2.75, 3.05) is 25.0 Å². The van der Waals surface area contributed by atoms with Gasteiger partial charge in [-0.1, -0.05) is 30.2 Å². The Balaban J connectivity index is 1.59. The minimum Gasteiger partial charge on any atom is -0.452 e. The molecule has 170 valence electrons. The first kappa shape index (κ1) is 23.9. The van der Waals surface area contributed by atoms with Gasteiger partial charge in [0.2, 0.25) is 10.0 Å². The van der Waals surface area contributed by atoms with Crippen LogP contribution in [0.25, 0.3) is 6.08 Å². The number of ether oxygens (including phenoxy) is 1. The lowest BCUT2D eigenvalue weighted by Gasteiger charge is -2.26. The first-order chi connectivity index (χ1) is 15.3. The van der Waals surface area contributed by atoms with Crippen molar-refractivity contribution in [2.24, 2.45) is 0 Å². The van der Waals surface area contributed by atoms with Gasteiger partial charge in [0.05, 0.1) is 15.6 Å². The van der Waals surface area contributed by atoms with Gasteiger partial charge in [-0.05, 0) is 54.8 Å². The summed E-state index contributed by atoms with van der Waals surface area (Å²) < 4.78 is 45.1. The molecule has 2 aromatic rings. The number of carbonyl (C=O) groups is 2. The van der Waals surface area contributed by atoms with Crippen LogP contribution in [0.1, 0.15) is 24.8 Å². The number of esters is 1. The molecule has 2 aromatic carbocycles. The van der Waals surface area contributed by atoms with E-state index in [1.54, 1.807) is 6.07 Å². The van der Waals surface area contributed by atoms with Gasteiger partial charge in [0.25, 0.3) is 5.91 Å². The average Bonchev–Trinajstić information content (AvgIpc) is 2.78. The number of piperidine rings is 1. The van der Waals surface area contributed by atoms with E-state index < -0.39 is 34.3 Å². The molecule has 0 spiro atoms. The lowest BCUT2D eigenvalue weighted by atomic mass is 10.2. The number of amides is 1. The van der Waals surface area contributed by atoms with Crippen LogP contribution in [0.15, 0.2) is 53.4 Å². The number of hydrogen-bond acceptors (Lipinski definition) is 5. The Morgan fingerprint density at radius 1 is 1.12 bits per heavy atom. The van der Waals surface area contributed by atoms with Crippen LogP contribution in [-0.2, 0) is 24.3 Å². The number of anilines is 1. The molecular weight excluding hydrogens is 459 g/mol. The fraction of sp³-hybridized carbons (Fsp3) is 0.273. The monoisotopic (exact) mass is 480 g/mol. The van der Waals surface area contributed by atoms with E-state index in [2.05, 4.69) is 5.32 Å². The first-order valence-electron chi connectivity index (χ1n) is 9.96. The van der Waals surface area contributed by atoms with Gasteiger partial charge >= 0.3 is 5.97 Å². The molecule has 1 heterocycles. The fourth-order valence-electron chi connectivity index (χ4n) is 3.16. The van der Waals surface area contributed by atoms with Gasteiger partial charge in [-0.2, -0.15) is 4.31 Å². The standard InChI is InChI=1S/C22H22ClFN2O5S/c23-19-9-8-18(32(29,30)26-11-2-1-3-12-26)14-20(19)25-21(27)15-31-22(28)10-7-16-5-4-6-17(24)13-16/h4-10,13-14H,1-3,11-12,15H2,(H,25,27). The maximum atomic E-state index is 13.1. The normalized spacial score (nSPS) is 14.9. The molecule has 1 aliphatic heterocycles. The number of hydrogen-bond donors (Lipinski definition) is 1. The van der Waals surface area contributed by atoms with Crippen molar-refractivity contribution >= 4 is 45.3 Å². The second kappa shape index (κ2) is 10.7. The Morgan fingerprint density at radius 3 is 2.59 bits per heavy atom. The molecule has 1 fully saturated rings. The maximum absolute atomic E-state index is 13.1. The van der Waals surface area contributed by atoms with Crippen LogP contribution in [-0.4, -0.2) is 44.3 Å². The van der Waals surface area contributed by atoms with Gasteiger partial charge in [-0.25, -0.2) is 17.6 Å². The van der Waals surface area contributed by atoms with Crippen molar-refractivity contribution < 1.29 is 27.1 Å². The quantitative estimate of drug-likeness (QED) is 0.480. The molecule has 0 unspecified atom stereocenters. The Bertz CT molecular complexity index is 1130. The van der Waals surface area contributed by atoms with Crippen molar-refractivity contribution in [1.29, 1.82) is 0 Å². The van der Waals surface area contributed by atoms with Gasteiger partial charge < -0.3 is 10.1 Å². The fourth-order valence-corrected chi connectivity index (χ4v) is 4.87. The number of benzene rings is 2. The van der Waals surface area contributed by atoms with Crippen LogP contribution >= 0.6 is 11.6 Å². The molecule has 1 amide bonds. The summed E-state index contributed by atoms with van der Waals surface area (Å²) in [6.45, 7) is 0.295. The Morgan fingerprint density at radius 2 is 1.88 bits per heavy atom. The number of sulfonamides is 1. The largest absolute Gasteiger partial charge is 0.452 e. The third-order valence-corrected chi connectivity index (χ3v) is 7.00. The molecule has 7 nitrogen and oxygen atoms in total. The number of nitrogens with one attached hydrogen (secondary N) is 1. The van der Waals surface area contributed by atoms with E-state index in [-0.39, 0.29) is 15.6 Å². The molecule has 0 bridgehead atoms. The highest BCUT2D eigenvalue weighted by Crippen LogP contribution is 2.28. The zero-order valence-corrected chi connectivity index (χ0v) is 18.7. The van der Waals surface area contributed by atoms with E-state index in [1.807, 2.05) is 0 Å². The van der Waals surface area contributed by atoms with E-state index >= 15 is 0 Å². The summed E-state index contributed by atoms with van der Waals surface area (Å²) in [6.07, 6.45) is 5.02. The van der Waals surface area contributed by atoms with Gasteiger partial charge in [0, 0.05) is 19.2 Å². The van der Waals surface area contributed by atoms with Gasteiger partial charge in [-0.3, -0.25) is 4.79 Å². The third kappa shape index (κ3) is 6.38. The maximum Gasteiger partial charge on any atom is 0.331 e. The summed E-state index contributed by atoms with van der Waals surface area (Å²) in [5, 5.41) is 2.60. The van der Waals surface area contributed by atoms with Gasteiger partial charge in [-0.15, -0.1) is 0 Å². The first-order valence-corrected chi connectivity index (χ1v) is 11.8. The highest BCUT2D eigenvalue weighted by atomic mass is 35.5. The average molecular weight is 481 g/mol. The molecular formula is C22H22ClFN2O5S. The molecule has 1 N–H and O–H groups in total. The van der Waals surface area contributed by atoms with Crippen molar-refractivity contribution in [3.8, 4) is 0 Å². The molecule has 32 heavy (non-hydrogen) atoms. The highest BCUT2D eigenvalue weighted by Gasteiger charge is 2.26. The van der Waals surface area contributed by atoms with E-state index in [4.69, 9.17) is 16.3 Å². The van der Waals surface area contributed by atoms with Gasteiger partial charge in [0.1, 0.15) is 5.82 Å². The predicted octanol–water partition coefficient (Wildman–Crippen LogP) is 3.85. The molecule has 0 aliphatic carbocycles. The molecule has 0 radical (unpaired) electrons. The van der Waals surface area contributed by atoms with E-state index in [9.17, 15) is 22.4 Å². The van der Waals surface area contributed by atoms with Crippen LogP contribution in [0.3, 0.4) is 0 Å².